The zero-order chi connectivity index (χ0) is 17.1. The Labute approximate surface area is 163 Å². The molecule has 3 rings (SSSR count). The van der Waals surface area contributed by atoms with E-state index in [2.05, 4.69) is 38.0 Å². The summed E-state index contributed by atoms with van der Waals surface area (Å²) in [4.78, 5) is 4.41. The van der Waals surface area contributed by atoms with Crippen molar-refractivity contribution in [3.05, 3.63) is 61.9 Å². The van der Waals surface area contributed by atoms with Crippen molar-refractivity contribution in [1.82, 2.24) is 14.8 Å². The number of hydrogen-bond donors (Lipinski definition) is 1. The van der Waals surface area contributed by atoms with Gasteiger partial charge in [0, 0.05) is 38.3 Å². The summed E-state index contributed by atoms with van der Waals surface area (Å²) in [5.41, 5.74) is 1.84. The smallest absolute Gasteiger partial charge is 0.226 e. The highest BCUT2D eigenvalue weighted by atomic mass is 127. The Hall–Kier alpha value is -1.51. The fraction of sp³-hybridized carbons (Fsp3) is 0.125. The normalized spacial score (nSPS) is 10.7. The minimum atomic E-state index is 0.556. The molecule has 124 valence electrons. The molecular formula is C16H13Cl2IN4O. The number of anilines is 2. The van der Waals surface area contributed by atoms with E-state index in [0.717, 1.165) is 17.0 Å². The first kappa shape index (κ1) is 17.3. The van der Waals surface area contributed by atoms with Crippen molar-refractivity contribution >= 4 is 57.4 Å². The summed E-state index contributed by atoms with van der Waals surface area (Å²) < 4.78 is 7.62. The zero-order valence-corrected chi connectivity index (χ0v) is 16.3. The van der Waals surface area contributed by atoms with E-state index in [0.29, 0.717) is 26.4 Å². The molecule has 5 nitrogen and oxygen atoms in total. The Morgan fingerprint density at radius 3 is 2.42 bits per heavy atom. The van der Waals surface area contributed by atoms with Gasteiger partial charge in [-0.05, 0) is 35.9 Å². The fourth-order valence-electron chi connectivity index (χ4n) is 2.18. The maximum Gasteiger partial charge on any atom is 0.226 e. The molecule has 0 aliphatic rings. The quantitative estimate of drug-likeness (QED) is 0.529. The molecule has 0 atom stereocenters. The van der Waals surface area contributed by atoms with Crippen LogP contribution in [0, 0.1) is 3.83 Å². The molecule has 0 spiro atoms. The first-order valence-electron chi connectivity index (χ1n) is 7.00. The van der Waals surface area contributed by atoms with Crippen LogP contribution < -0.4 is 10.1 Å². The zero-order valence-electron chi connectivity index (χ0n) is 12.6. The summed E-state index contributed by atoms with van der Waals surface area (Å²) >= 11 is 14.2. The molecule has 1 N–H and O–H groups in total. The Morgan fingerprint density at radius 1 is 1.12 bits per heavy atom. The van der Waals surface area contributed by atoms with Gasteiger partial charge in [0.15, 0.2) is 0 Å². The number of benzene rings is 2. The average molecular weight is 475 g/mol. The molecule has 2 aromatic carbocycles. The second kappa shape index (κ2) is 7.58. The molecule has 0 aliphatic heterocycles. The van der Waals surface area contributed by atoms with Gasteiger partial charge in [-0.1, -0.05) is 35.3 Å². The molecule has 0 fully saturated rings. The summed E-state index contributed by atoms with van der Waals surface area (Å²) in [6.45, 7) is 0.580. The van der Waals surface area contributed by atoms with Crippen LogP contribution in [-0.2, 0) is 6.54 Å². The molecule has 8 heteroatoms. The standard InChI is InChI=1S/C16H13Cl2IN4O/c1-24-14-4-2-10(3-5-14)9-23-16(21-15(19)22-23)20-13-7-11(17)6-12(18)8-13/h2-8H,9H2,1H3,(H,20,21,22). The highest BCUT2D eigenvalue weighted by Gasteiger charge is 2.10. The van der Waals surface area contributed by atoms with Gasteiger partial charge in [0.05, 0.1) is 13.7 Å². The molecule has 3 aromatic rings. The maximum atomic E-state index is 6.04. The number of methoxy groups -OCH3 is 1. The van der Waals surface area contributed by atoms with Crippen LogP contribution in [0.1, 0.15) is 5.56 Å². The van der Waals surface area contributed by atoms with E-state index in [1.54, 1.807) is 30.0 Å². The van der Waals surface area contributed by atoms with Gasteiger partial charge in [-0.3, -0.25) is 0 Å². The fourth-order valence-corrected chi connectivity index (χ4v) is 3.19. The van der Waals surface area contributed by atoms with E-state index in [1.807, 2.05) is 24.3 Å². The maximum absolute atomic E-state index is 6.04. The summed E-state index contributed by atoms with van der Waals surface area (Å²) in [6, 6.07) is 13.1. The molecule has 0 saturated carbocycles. The molecule has 0 unspecified atom stereocenters. The van der Waals surface area contributed by atoms with Gasteiger partial charge in [-0.2, -0.15) is 4.98 Å². The van der Waals surface area contributed by atoms with Gasteiger partial charge >= 0.3 is 0 Å². The molecule has 0 amide bonds. The van der Waals surface area contributed by atoms with Gasteiger partial charge < -0.3 is 10.1 Å². The minimum absolute atomic E-state index is 0.556. The highest BCUT2D eigenvalue weighted by Crippen LogP contribution is 2.25. The van der Waals surface area contributed by atoms with Crippen LogP contribution in [0.15, 0.2) is 42.5 Å². The predicted octanol–water partition coefficient (Wildman–Crippen LogP) is 4.99. The van der Waals surface area contributed by atoms with E-state index >= 15 is 0 Å². The third kappa shape index (κ3) is 4.31. The van der Waals surface area contributed by atoms with Crippen LogP contribution in [-0.4, -0.2) is 21.9 Å². The summed E-state index contributed by atoms with van der Waals surface area (Å²) in [5, 5.41) is 8.74. The first-order valence-corrected chi connectivity index (χ1v) is 8.83. The Morgan fingerprint density at radius 2 is 1.79 bits per heavy atom. The lowest BCUT2D eigenvalue weighted by atomic mass is 10.2. The van der Waals surface area contributed by atoms with E-state index in [-0.39, 0.29) is 0 Å². The predicted molar refractivity (Wildman–Crippen MR) is 105 cm³/mol. The lowest BCUT2D eigenvalue weighted by Crippen LogP contribution is -2.07. The molecular weight excluding hydrogens is 462 g/mol. The molecule has 1 heterocycles. The lowest BCUT2D eigenvalue weighted by Gasteiger charge is -2.09. The van der Waals surface area contributed by atoms with Crippen LogP contribution in [0.5, 0.6) is 5.75 Å². The molecule has 0 bridgehead atoms. The Balaban J connectivity index is 1.84. The molecule has 0 aliphatic carbocycles. The van der Waals surface area contributed by atoms with Crippen LogP contribution in [0.25, 0.3) is 0 Å². The Kier molecular flexibility index (Phi) is 5.47. The number of aromatic nitrogens is 3. The minimum Gasteiger partial charge on any atom is -0.497 e. The van der Waals surface area contributed by atoms with Gasteiger partial charge in [0.25, 0.3) is 0 Å². The highest BCUT2D eigenvalue weighted by molar-refractivity contribution is 14.1. The molecule has 24 heavy (non-hydrogen) atoms. The second-order valence-electron chi connectivity index (χ2n) is 4.99. The van der Waals surface area contributed by atoms with Crippen molar-refractivity contribution in [1.29, 1.82) is 0 Å². The SMILES string of the molecule is COc1ccc(Cn2nc(I)nc2Nc2cc(Cl)cc(Cl)c2)cc1. The summed E-state index contributed by atoms with van der Waals surface area (Å²) in [6.07, 6.45) is 0. The number of rotatable bonds is 5. The van der Waals surface area contributed by atoms with Crippen molar-refractivity contribution in [2.75, 3.05) is 12.4 Å². The van der Waals surface area contributed by atoms with Crippen molar-refractivity contribution in [2.24, 2.45) is 0 Å². The third-order valence-corrected chi connectivity index (χ3v) is 4.15. The topological polar surface area (TPSA) is 52.0 Å². The van der Waals surface area contributed by atoms with E-state index < -0.39 is 0 Å². The van der Waals surface area contributed by atoms with Crippen LogP contribution in [0.2, 0.25) is 10.0 Å². The molecule has 0 radical (unpaired) electrons. The monoisotopic (exact) mass is 474 g/mol. The third-order valence-electron chi connectivity index (χ3n) is 3.26. The van der Waals surface area contributed by atoms with E-state index in [4.69, 9.17) is 27.9 Å². The summed E-state index contributed by atoms with van der Waals surface area (Å²) in [7, 11) is 1.65. The number of halogens is 3. The van der Waals surface area contributed by atoms with E-state index in [9.17, 15) is 0 Å². The first-order chi connectivity index (χ1) is 11.5. The average Bonchev–Trinajstić information content (AvgIpc) is 2.86. The van der Waals surface area contributed by atoms with Crippen LogP contribution in [0.4, 0.5) is 11.6 Å². The number of nitrogens with one attached hydrogen (secondary N) is 1. The number of hydrogen-bond acceptors (Lipinski definition) is 4. The van der Waals surface area contributed by atoms with Gasteiger partial charge in [0.1, 0.15) is 5.75 Å². The van der Waals surface area contributed by atoms with Crippen molar-refractivity contribution < 1.29 is 4.74 Å². The van der Waals surface area contributed by atoms with Crippen LogP contribution >= 0.6 is 45.8 Å². The number of ether oxygens (including phenoxy) is 1. The number of nitrogens with zero attached hydrogens (tertiary/aromatic N) is 3. The Bertz CT molecular complexity index is 832. The van der Waals surface area contributed by atoms with Gasteiger partial charge in [-0.25, -0.2) is 4.68 Å². The van der Waals surface area contributed by atoms with Crippen LogP contribution in [0.3, 0.4) is 0 Å². The largest absolute Gasteiger partial charge is 0.497 e. The van der Waals surface area contributed by atoms with E-state index in [1.165, 1.54) is 0 Å². The van der Waals surface area contributed by atoms with Crippen molar-refractivity contribution in [3.8, 4) is 5.75 Å². The molecule has 0 saturated heterocycles. The van der Waals surface area contributed by atoms with Crippen molar-refractivity contribution in [3.63, 3.8) is 0 Å². The lowest BCUT2D eigenvalue weighted by molar-refractivity contribution is 0.414. The van der Waals surface area contributed by atoms with Gasteiger partial charge in [0.2, 0.25) is 9.78 Å². The summed E-state index contributed by atoms with van der Waals surface area (Å²) in [5.74, 6) is 1.44. The molecule has 1 aromatic heterocycles. The van der Waals surface area contributed by atoms with Gasteiger partial charge in [-0.15, -0.1) is 5.10 Å². The second-order valence-corrected chi connectivity index (χ2v) is 6.83. The van der Waals surface area contributed by atoms with Crippen molar-refractivity contribution in [2.45, 2.75) is 6.54 Å².